The molecule has 0 atom stereocenters. The van der Waals surface area contributed by atoms with E-state index in [-0.39, 0.29) is 12.0 Å². The van der Waals surface area contributed by atoms with Crippen molar-refractivity contribution in [2.45, 2.75) is 19.3 Å². The van der Waals surface area contributed by atoms with Gasteiger partial charge in [-0.2, -0.15) is 0 Å². The summed E-state index contributed by atoms with van der Waals surface area (Å²) in [6.45, 7) is 4.73. The van der Waals surface area contributed by atoms with Crippen molar-refractivity contribution < 1.29 is 14.6 Å². The minimum absolute atomic E-state index is 0.0269. The van der Waals surface area contributed by atoms with E-state index in [4.69, 9.17) is 14.6 Å². The van der Waals surface area contributed by atoms with Gasteiger partial charge in [0.1, 0.15) is 18.1 Å². The van der Waals surface area contributed by atoms with Crippen molar-refractivity contribution in [2.24, 2.45) is 0 Å². The van der Waals surface area contributed by atoms with Gasteiger partial charge in [-0.05, 0) is 35.4 Å². The molecule has 0 aliphatic carbocycles. The predicted octanol–water partition coefficient (Wildman–Crippen LogP) is 3.39. The van der Waals surface area contributed by atoms with E-state index >= 15 is 0 Å². The fourth-order valence-corrected chi connectivity index (χ4v) is 2.31. The largest absolute Gasteiger partial charge is 0.497 e. The summed E-state index contributed by atoms with van der Waals surface area (Å²) in [7, 11) is 1.67. The van der Waals surface area contributed by atoms with Gasteiger partial charge < -0.3 is 14.6 Å². The molecule has 3 nitrogen and oxygen atoms in total. The second kappa shape index (κ2) is 6.64. The molecule has 0 aliphatic heterocycles. The molecule has 2 rings (SSSR count). The van der Waals surface area contributed by atoms with Gasteiger partial charge in [0.05, 0.1) is 13.7 Å². The summed E-state index contributed by atoms with van der Waals surface area (Å²) in [6, 6.07) is 16.2. The molecule has 112 valence electrons. The van der Waals surface area contributed by atoms with Crippen LogP contribution < -0.4 is 9.47 Å². The van der Waals surface area contributed by atoms with E-state index in [1.807, 2.05) is 24.3 Å². The molecule has 0 unspecified atom stereocenters. The zero-order valence-corrected chi connectivity index (χ0v) is 12.8. The van der Waals surface area contributed by atoms with E-state index in [9.17, 15) is 0 Å². The van der Waals surface area contributed by atoms with E-state index in [1.54, 1.807) is 7.11 Å². The molecule has 0 amide bonds. The molecule has 0 saturated heterocycles. The second-order valence-corrected chi connectivity index (χ2v) is 5.45. The zero-order valence-electron chi connectivity index (χ0n) is 12.8. The molecular formula is C18H22O3. The number of methoxy groups -OCH3 is 1. The Bertz CT molecular complexity index is 556. The Morgan fingerprint density at radius 3 is 1.76 bits per heavy atom. The van der Waals surface area contributed by atoms with E-state index in [0.29, 0.717) is 6.61 Å². The quantitative estimate of drug-likeness (QED) is 0.884. The molecule has 0 saturated carbocycles. The Labute approximate surface area is 126 Å². The summed E-state index contributed by atoms with van der Waals surface area (Å²) in [4.78, 5) is 0. The van der Waals surface area contributed by atoms with Crippen molar-refractivity contribution in [3.05, 3.63) is 59.7 Å². The Morgan fingerprint density at radius 1 is 0.857 bits per heavy atom. The number of ether oxygens (including phenoxy) is 2. The summed E-state index contributed by atoms with van der Waals surface area (Å²) < 4.78 is 10.6. The number of hydrogen-bond acceptors (Lipinski definition) is 3. The Hall–Kier alpha value is -2.00. The number of hydrogen-bond donors (Lipinski definition) is 1. The lowest BCUT2D eigenvalue weighted by atomic mass is 9.78. The third-order valence-corrected chi connectivity index (χ3v) is 3.75. The molecule has 3 heteroatoms. The van der Waals surface area contributed by atoms with Crippen LogP contribution in [0.2, 0.25) is 0 Å². The normalized spacial score (nSPS) is 11.2. The van der Waals surface area contributed by atoms with Gasteiger partial charge >= 0.3 is 0 Å². The topological polar surface area (TPSA) is 38.7 Å². The standard InChI is InChI=1S/C18H22O3/c1-18(2,14-4-8-16(20-3)9-5-14)15-6-10-17(11-7-15)21-13-12-19/h4-11,19H,12-13H2,1-3H3. The molecular weight excluding hydrogens is 264 g/mol. The first-order valence-corrected chi connectivity index (χ1v) is 7.06. The van der Waals surface area contributed by atoms with Crippen LogP contribution >= 0.6 is 0 Å². The molecule has 2 aromatic carbocycles. The maximum absolute atomic E-state index is 8.77. The lowest BCUT2D eigenvalue weighted by Crippen LogP contribution is -2.18. The van der Waals surface area contributed by atoms with Gasteiger partial charge in [-0.25, -0.2) is 0 Å². The summed E-state index contributed by atoms with van der Waals surface area (Å²) in [5, 5.41) is 8.77. The van der Waals surface area contributed by atoms with Gasteiger partial charge in [-0.15, -0.1) is 0 Å². The summed E-state index contributed by atoms with van der Waals surface area (Å²) in [6.07, 6.45) is 0. The van der Waals surface area contributed by atoms with Gasteiger partial charge in [0, 0.05) is 5.41 Å². The van der Waals surface area contributed by atoms with E-state index < -0.39 is 0 Å². The fourth-order valence-electron chi connectivity index (χ4n) is 2.31. The molecule has 1 N–H and O–H groups in total. The fraction of sp³-hybridized carbons (Fsp3) is 0.333. The Morgan fingerprint density at radius 2 is 1.33 bits per heavy atom. The zero-order chi connectivity index (χ0) is 15.3. The molecule has 0 radical (unpaired) electrons. The van der Waals surface area contributed by atoms with Crippen LogP contribution in [0.4, 0.5) is 0 Å². The highest BCUT2D eigenvalue weighted by molar-refractivity contribution is 5.41. The van der Waals surface area contributed by atoms with Crippen molar-refractivity contribution in [2.75, 3.05) is 20.3 Å². The van der Waals surface area contributed by atoms with Crippen LogP contribution in [0.3, 0.4) is 0 Å². The molecule has 21 heavy (non-hydrogen) atoms. The molecule has 0 heterocycles. The molecule has 0 aromatic heterocycles. The molecule has 0 bridgehead atoms. The molecule has 0 spiro atoms. The first-order chi connectivity index (χ1) is 10.1. The molecule has 0 aliphatic rings. The van der Waals surface area contributed by atoms with Crippen molar-refractivity contribution in [1.29, 1.82) is 0 Å². The van der Waals surface area contributed by atoms with Crippen LogP contribution in [-0.4, -0.2) is 25.4 Å². The van der Waals surface area contributed by atoms with Crippen LogP contribution in [0.25, 0.3) is 0 Å². The van der Waals surface area contributed by atoms with Crippen molar-refractivity contribution >= 4 is 0 Å². The lowest BCUT2D eigenvalue weighted by molar-refractivity contribution is 0.201. The highest BCUT2D eigenvalue weighted by Crippen LogP contribution is 2.33. The molecule has 2 aromatic rings. The predicted molar refractivity (Wildman–Crippen MR) is 84.1 cm³/mol. The highest BCUT2D eigenvalue weighted by atomic mass is 16.5. The van der Waals surface area contributed by atoms with Crippen LogP contribution in [-0.2, 0) is 5.41 Å². The van der Waals surface area contributed by atoms with Gasteiger partial charge in [-0.1, -0.05) is 38.1 Å². The van der Waals surface area contributed by atoms with E-state index in [1.165, 1.54) is 11.1 Å². The lowest BCUT2D eigenvalue weighted by Gasteiger charge is -2.26. The highest BCUT2D eigenvalue weighted by Gasteiger charge is 2.23. The SMILES string of the molecule is COc1ccc(C(C)(C)c2ccc(OCCO)cc2)cc1. The van der Waals surface area contributed by atoms with Crippen LogP contribution in [0.5, 0.6) is 11.5 Å². The Kier molecular flexibility index (Phi) is 4.86. The van der Waals surface area contributed by atoms with Crippen molar-refractivity contribution in [3.63, 3.8) is 0 Å². The Balaban J connectivity index is 2.21. The monoisotopic (exact) mass is 286 g/mol. The van der Waals surface area contributed by atoms with Gasteiger partial charge in [0.25, 0.3) is 0 Å². The van der Waals surface area contributed by atoms with Crippen molar-refractivity contribution in [1.82, 2.24) is 0 Å². The van der Waals surface area contributed by atoms with Crippen LogP contribution in [0, 0.1) is 0 Å². The van der Waals surface area contributed by atoms with Crippen molar-refractivity contribution in [3.8, 4) is 11.5 Å². The van der Waals surface area contributed by atoms with Crippen LogP contribution in [0.15, 0.2) is 48.5 Å². The maximum atomic E-state index is 8.77. The third-order valence-electron chi connectivity index (χ3n) is 3.75. The number of aliphatic hydroxyl groups is 1. The van der Waals surface area contributed by atoms with Gasteiger partial charge in [0.2, 0.25) is 0 Å². The van der Waals surface area contributed by atoms with E-state index in [2.05, 4.69) is 38.1 Å². The van der Waals surface area contributed by atoms with Gasteiger partial charge in [-0.3, -0.25) is 0 Å². The summed E-state index contributed by atoms with van der Waals surface area (Å²) in [5.41, 5.74) is 2.35. The second-order valence-electron chi connectivity index (χ2n) is 5.45. The third kappa shape index (κ3) is 3.56. The summed E-state index contributed by atoms with van der Waals surface area (Å²) >= 11 is 0. The first-order valence-electron chi connectivity index (χ1n) is 7.06. The van der Waals surface area contributed by atoms with Crippen LogP contribution in [0.1, 0.15) is 25.0 Å². The number of benzene rings is 2. The number of rotatable bonds is 6. The average Bonchev–Trinajstić information content (AvgIpc) is 2.53. The smallest absolute Gasteiger partial charge is 0.119 e. The first kappa shape index (κ1) is 15.4. The minimum atomic E-state index is -0.0955. The average molecular weight is 286 g/mol. The molecule has 0 fully saturated rings. The van der Waals surface area contributed by atoms with E-state index in [0.717, 1.165) is 11.5 Å². The summed E-state index contributed by atoms with van der Waals surface area (Å²) in [5.74, 6) is 1.64. The maximum Gasteiger partial charge on any atom is 0.119 e. The minimum Gasteiger partial charge on any atom is -0.497 e. The van der Waals surface area contributed by atoms with Gasteiger partial charge in [0.15, 0.2) is 0 Å². The number of aliphatic hydroxyl groups excluding tert-OH is 1.